The van der Waals surface area contributed by atoms with Gasteiger partial charge in [0.05, 0.1) is 7.11 Å². The number of aryl methyl sites for hydroxylation is 1. The minimum absolute atomic E-state index is 0.174. The van der Waals surface area contributed by atoms with Gasteiger partial charge in [0.15, 0.2) is 0 Å². The number of ether oxygens (including phenoxy) is 1. The maximum atomic E-state index is 12.1. The third-order valence-corrected chi connectivity index (χ3v) is 3.71. The fraction of sp³-hybridized carbons (Fsp3) is 0.769. The molecule has 1 saturated carbocycles. The molecule has 0 bridgehead atoms. The van der Waals surface area contributed by atoms with Crippen molar-refractivity contribution in [1.29, 1.82) is 0 Å². The topological polar surface area (TPSA) is 57.0 Å². The quantitative estimate of drug-likeness (QED) is 0.752. The molecule has 18 heavy (non-hydrogen) atoms. The van der Waals surface area contributed by atoms with Crippen molar-refractivity contribution in [2.24, 2.45) is 5.92 Å². The van der Waals surface area contributed by atoms with Gasteiger partial charge < -0.3 is 9.30 Å². The van der Waals surface area contributed by atoms with Crippen LogP contribution in [0.25, 0.3) is 0 Å². The van der Waals surface area contributed by atoms with Gasteiger partial charge in [0.2, 0.25) is 0 Å². The Bertz CT molecular complexity index is 397. The van der Waals surface area contributed by atoms with E-state index in [1.54, 1.807) is 6.33 Å². The summed E-state index contributed by atoms with van der Waals surface area (Å²) in [4.78, 5) is 12.1. The number of hydrogen-bond acceptors (Lipinski definition) is 4. The monoisotopic (exact) mass is 251 g/mol. The molecule has 0 amide bonds. The summed E-state index contributed by atoms with van der Waals surface area (Å²) in [5.41, 5.74) is 0. The Kier molecular flexibility index (Phi) is 4.33. The van der Waals surface area contributed by atoms with Crippen molar-refractivity contribution in [3.8, 4) is 0 Å². The normalized spacial score (nSPS) is 17.9. The van der Waals surface area contributed by atoms with Crippen molar-refractivity contribution in [3.05, 3.63) is 12.2 Å². The fourth-order valence-electron chi connectivity index (χ4n) is 2.84. The molecule has 1 fully saturated rings. The second kappa shape index (κ2) is 5.98. The van der Waals surface area contributed by atoms with Gasteiger partial charge in [0.25, 0.3) is 0 Å². The van der Waals surface area contributed by atoms with Crippen molar-refractivity contribution in [2.45, 2.75) is 51.5 Å². The van der Waals surface area contributed by atoms with Crippen LogP contribution in [0.5, 0.6) is 0 Å². The number of esters is 1. The number of aromatic nitrogens is 3. The fourth-order valence-corrected chi connectivity index (χ4v) is 2.84. The van der Waals surface area contributed by atoms with Crippen LogP contribution in [0, 0.1) is 5.92 Å². The summed E-state index contributed by atoms with van der Waals surface area (Å²) in [7, 11) is 1.45. The molecular weight excluding hydrogens is 230 g/mol. The molecule has 5 heteroatoms. The van der Waals surface area contributed by atoms with Crippen LogP contribution in [0.15, 0.2) is 6.33 Å². The molecule has 100 valence electrons. The minimum atomic E-state index is -0.244. The van der Waals surface area contributed by atoms with Crippen LogP contribution in [0.4, 0.5) is 0 Å². The van der Waals surface area contributed by atoms with E-state index in [0.29, 0.717) is 5.92 Å². The van der Waals surface area contributed by atoms with E-state index in [-0.39, 0.29) is 11.9 Å². The average Bonchev–Trinajstić information content (AvgIpc) is 3.03. The standard InChI is InChI=1S/C13H21N3O2/c1-3-8-16-9-14-15-12(16)11(13(17)18-2)10-6-4-5-7-10/h9-11H,3-8H2,1-2H3. The van der Waals surface area contributed by atoms with E-state index in [1.165, 1.54) is 20.0 Å². The summed E-state index contributed by atoms with van der Waals surface area (Å²) in [5, 5.41) is 8.12. The Morgan fingerprint density at radius 3 is 2.89 bits per heavy atom. The van der Waals surface area contributed by atoms with E-state index >= 15 is 0 Å². The average molecular weight is 251 g/mol. The summed E-state index contributed by atoms with van der Waals surface area (Å²) in [6.07, 6.45) is 7.27. The van der Waals surface area contributed by atoms with Gasteiger partial charge in [-0.2, -0.15) is 0 Å². The van der Waals surface area contributed by atoms with Gasteiger partial charge in [-0.1, -0.05) is 19.8 Å². The van der Waals surface area contributed by atoms with E-state index in [9.17, 15) is 4.79 Å². The van der Waals surface area contributed by atoms with Gasteiger partial charge in [0, 0.05) is 6.54 Å². The van der Waals surface area contributed by atoms with Crippen molar-refractivity contribution < 1.29 is 9.53 Å². The lowest BCUT2D eigenvalue weighted by Gasteiger charge is -2.20. The highest BCUT2D eigenvalue weighted by molar-refractivity contribution is 5.77. The largest absolute Gasteiger partial charge is 0.468 e. The molecule has 0 N–H and O–H groups in total. The first-order chi connectivity index (χ1) is 8.77. The van der Waals surface area contributed by atoms with Crippen LogP contribution < -0.4 is 0 Å². The number of rotatable bonds is 5. The number of nitrogens with zero attached hydrogens (tertiary/aromatic N) is 3. The third-order valence-electron chi connectivity index (χ3n) is 3.71. The van der Waals surface area contributed by atoms with Gasteiger partial charge in [0.1, 0.15) is 18.1 Å². The van der Waals surface area contributed by atoms with E-state index in [0.717, 1.165) is 31.6 Å². The first kappa shape index (κ1) is 13.1. The summed E-state index contributed by atoms with van der Waals surface area (Å²) in [6.45, 7) is 2.95. The van der Waals surface area contributed by atoms with Crippen LogP contribution in [0.2, 0.25) is 0 Å². The van der Waals surface area contributed by atoms with Crippen LogP contribution in [0.1, 0.15) is 50.8 Å². The second-order valence-electron chi connectivity index (χ2n) is 4.93. The molecule has 1 aromatic heterocycles. The van der Waals surface area contributed by atoms with Crippen molar-refractivity contribution in [1.82, 2.24) is 14.8 Å². The smallest absolute Gasteiger partial charge is 0.316 e. The summed E-state index contributed by atoms with van der Waals surface area (Å²) in [5.74, 6) is 0.714. The van der Waals surface area contributed by atoms with E-state index < -0.39 is 0 Å². The molecule has 1 unspecified atom stereocenters. The number of methoxy groups -OCH3 is 1. The number of hydrogen-bond donors (Lipinski definition) is 0. The molecule has 0 aromatic carbocycles. The summed E-state index contributed by atoms with van der Waals surface area (Å²) >= 11 is 0. The molecule has 2 rings (SSSR count). The predicted molar refractivity (Wildman–Crippen MR) is 67.0 cm³/mol. The maximum Gasteiger partial charge on any atom is 0.316 e. The highest BCUT2D eigenvalue weighted by Crippen LogP contribution is 2.37. The molecule has 1 aromatic rings. The van der Waals surface area contributed by atoms with Gasteiger partial charge in [-0.3, -0.25) is 4.79 Å². The number of carbonyl (C=O) groups is 1. The van der Waals surface area contributed by atoms with E-state index in [1.807, 2.05) is 4.57 Å². The Labute approximate surface area is 108 Å². The van der Waals surface area contributed by atoms with Crippen molar-refractivity contribution >= 4 is 5.97 Å². The zero-order chi connectivity index (χ0) is 13.0. The Hall–Kier alpha value is -1.39. The molecule has 1 aliphatic carbocycles. The second-order valence-corrected chi connectivity index (χ2v) is 4.93. The summed E-state index contributed by atoms with van der Waals surface area (Å²) < 4.78 is 6.95. The Morgan fingerprint density at radius 1 is 1.56 bits per heavy atom. The molecule has 1 heterocycles. The number of carbonyl (C=O) groups excluding carboxylic acids is 1. The van der Waals surface area contributed by atoms with Crippen LogP contribution >= 0.6 is 0 Å². The first-order valence-corrected chi connectivity index (χ1v) is 6.73. The van der Waals surface area contributed by atoms with Crippen molar-refractivity contribution in [3.63, 3.8) is 0 Å². The lowest BCUT2D eigenvalue weighted by Crippen LogP contribution is -2.25. The molecule has 1 atom stereocenters. The lowest BCUT2D eigenvalue weighted by molar-refractivity contribution is -0.144. The highest BCUT2D eigenvalue weighted by Gasteiger charge is 2.36. The van der Waals surface area contributed by atoms with Crippen molar-refractivity contribution in [2.75, 3.05) is 7.11 Å². The predicted octanol–water partition coefficient (Wildman–Crippen LogP) is 2.13. The molecule has 0 aliphatic heterocycles. The molecule has 0 radical (unpaired) electrons. The third kappa shape index (κ3) is 2.54. The molecule has 0 spiro atoms. The highest BCUT2D eigenvalue weighted by atomic mass is 16.5. The van der Waals surface area contributed by atoms with Gasteiger partial charge in [-0.05, 0) is 25.2 Å². The molecular formula is C13H21N3O2. The van der Waals surface area contributed by atoms with E-state index in [2.05, 4.69) is 17.1 Å². The van der Waals surface area contributed by atoms with Gasteiger partial charge in [-0.15, -0.1) is 10.2 Å². The van der Waals surface area contributed by atoms with Crippen LogP contribution in [-0.4, -0.2) is 27.8 Å². The van der Waals surface area contributed by atoms with Crippen LogP contribution in [-0.2, 0) is 16.1 Å². The van der Waals surface area contributed by atoms with Gasteiger partial charge >= 0.3 is 5.97 Å². The lowest BCUT2D eigenvalue weighted by atomic mass is 9.90. The Balaban J connectivity index is 2.26. The zero-order valence-electron chi connectivity index (χ0n) is 11.1. The van der Waals surface area contributed by atoms with Gasteiger partial charge in [-0.25, -0.2) is 0 Å². The molecule has 5 nitrogen and oxygen atoms in total. The molecule has 0 saturated heterocycles. The molecule has 1 aliphatic rings. The van der Waals surface area contributed by atoms with Crippen LogP contribution in [0.3, 0.4) is 0 Å². The first-order valence-electron chi connectivity index (χ1n) is 6.73. The Morgan fingerprint density at radius 2 is 2.28 bits per heavy atom. The minimum Gasteiger partial charge on any atom is -0.468 e. The zero-order valence-corrected chi connectivity index (χ0v) is 11.1. The summed E-state index contributed by atoms with van der Waals surface area (Å²) in [6, 6.07) is 0. The SMILES string of the molecule is CCCn1cnnc1C(C(=O)OC)C1CCCC1. The maximum absolute atomic E-state index is 12.1. The van der Waals surface area contributed by atoms with E-state index in [4.69, 9.17) is 4.74 Å².